The van der Waals surface area contributed by atoms with Crippen LogP contribution in [0.15, 0.2) is 58.8 Å². The summed E-state index contributed by atoms with van der Waals surface area (Å²) in [5.41, 5.74) is -0.862. The zero-order chi connectivity index (χ0) is 22.8. The normalized spacial score (nSPS) is 12.4. The first-order valence-electron chi connectivity index (χ1n) is 8.84. The number of nitro benzene ring substituents is 1. The molecule has 0 radical (unpaired) electrons. The van der Waals surface area contributed by atoms with E-state index in [-0.39, 0.29) is 21.7 Å². The second-order valence-electron chi connectivity index (χ2n) is 6.58. The van der Waals surface area contributed by atoms with Crippen LogP contribution in [0.3, 0.4) is 0 Å². The smallest absolute Gasteiger partial charge is 0.346 e. The maximum absolute atomic E-state index is 12.9. The van der Waals surface area contributed by atoms with E-state index >= 15 is 0 Å². The van der Waals surface area contributed by atoms with Crippen molar-refractivity contribution in [3.05, 3.63) is 75.6 Å². The number of carbonyl (C=O) groups is 1. The fourth-order valence-corrected chi connectivity index (χ4v) is 3.55. The van der Waals surface area contributed by atoms with Crippen LogP contribution in [0.2, 0.25) is 0 Å². The minimum Gasteiger partial charge on any atom is -0.346 e. The molecule has 1 N–H and O–H groups in total. The standard InChI is InChI=1S/C19H16F3N5O3S/c1-11(12-4-3-5-14(8-12)19(20,21)22)24-17(28)13-6-7-16(15(9-13)27(29)30)31-18-25-23-10-26(18)2/h3-11H,1-2H3,(H,24,28). The summed E-state index contributed by atoms with van der Waals surface area (Å²) >= 11 is 1.02. The number of nitro groups is 1. The number of nitrogens with zero attached hydrogens (tertiary/aromatic N) is 4. The van der Waals surface area contributed by atoms with E-state index < -0.39 is 28.6 Å². The lowest BCUT2D eigenvalue weighted by Crippen LogP contribution is -2.27. The molecule has 31 heavy (non-hydrogen) atoms. The monoisotopic (exact) mass is 451 g/mol. The van der Waals surface area contributed by atoms with Crippen molar-refractivity contribution in [2.45, 2.75) is 29.2 Å². The number of hydrogen-bond donors (Lipinski definition) is 1. The lowest BCUT2D eigenvalue weighted by atomic mass is 10.0. The SMILES string of the molecule is CC(NC(=O)c1ccc(Sc2nncn2C)c([N+](=O)[O-])c1)c1cccc(C(F)(F)F)c1. The van der Waals surface area contributed by atoms with Crippen molar-refractivity contribution >= 4 is 23.4 Å². The number of alkyl halides is 3. The number of rotatable bonds is 6. The van der Waals surface area contributed by atoms with Crippen LogP contribution >= 0.6 is 11.8 Å². The predicted octanol–water partition coefficient (Wildman–Crippen LogP) is 4.38. The summed E-state index contributed by atoms with van der Waals surface area (Å²) in [7, 11) is 1.69. The molecular weight excluding hydrogens is 435 g/mol. The molecule has 1 atom stereocenters. The Bertz CT molecular complexity index is 1130. The van der Waals surface area contributed by atoms with Crippen molar-refractivity contribution in [3.63, 3.8) is 0 Å². The van der Waals surface area contributed by atoms with Gasteiger partial charge in [-0.1, -0.05) is 12.1 Å². The van der Waals surface area contributed by atoms with E-state index in [1.54, 1.807) is 11.6 Å². The van der Waals surface area contributed by atoms with E-state index in [4.69, 9.17) is 0 Å². The molecule has 1 unspecified atom stereocenters. The van der Waals surface area contributed by atoms with Crippen LogP contribution in [-0.2, 0) is 13.2 Å². The zero-order valence-electron chi connectivity index (χ0n) is 16.3. The Hall–Kier alpha value is -3.41. The van der Waals surface area contributed by atoms with Crippen LogP contribution in [0.25, 0.3) is 0 Å². The van der Waals surface area contributed by atoms with Gasteiger partial charge in [-0.3, -0.25) is 14.9 Å². The van der Waals surface area contributed by atoms with E-state index in [0.717, 1.165) is 30.0 Å². The first kappa shape index (κ1) is 22.3. The van der Waals surface area contributed by atoms with E-state index in [1.165, 1.54) is 37.5 Å². The molecule has 162 valence electrons. The van der Waals surface area contributed by atoms with Gasteiger partial charge < -0.3 is 9.88 Å². The zero-order valence-corrected chi connectivity index (χ0v) is 17.1. The number of hydrogen-bond acceptors (Lipinski definition) is 6. The van der Waals surface area contributed by atoms with Crippen LogP contribution in [0.5, 0.6) is 0 Å². The fourth-order valence-electron chi connectivity index (χ4n) is 2.70. The first-order chi connectivity index (χ1) is 14.6. The Morgan fingerprint density at radius 1 is 1.26 bits per heavy atom. The molecule has 0 spiro atoms. The van der Waals surface area contributed by atoms with Gasteiger partial charge in [0.15, 0.2) is 5.16 Å². The maximum atomic E-state index is 12.9. The lowest BCUT2D eigenvalue weighted by Gasteiger charge is -2.16. The molecule has 3 aromatic rings. The number of amides is 1. The van der Waals surface area contributed by atoms with Crippen molar-refractivity contribution in [1.82, 2.24) is 20.1 Å². The van der Waals surface area contributed by atoms with Gasteiger partial charge in [0.25, 0.3) is 11.6 Å². The Morgan fingerprint density at radius 2 is 2.00 bits per heavy atom. The molecule has 0 saturated carbocycles. The summed E-state index contributed by atoms with van der Waals surface area (Å²) in [5, 5.41) is 22.1. The van der Waals surface area contributed by atoms with Crippen molar-refractivity contribution < 1.29 is 22.9 Å². The highest BCUT2D eigenvalue weighted by atomic mass is 32.2. The molecule has 1 aromatic heterocycles. The Kier molecular flexibility index (Phi) is 6.29. The van der Waals surface area contributed by atoms with E-state index in [0.29, 0.717) is 5.16 Å². The molecule has 0 saturated heterocycles. The number of aryl methyl sites for hydroxylation is 1. The number of halogens is 3. The van der Waals surface area contributed by atoms with Gasteiger partial charge in [-0.25, -0.2) is 0 Å². The summed E-state index contributed by atoms with van der Waals surface area (Å²) in [6.45, 7) is 1.53. The highest BCUT2D eigenvalue weighted by Crippen LogP contribution is 2.34. The van der Waals surface area contributed by atoms with Gasteiger partial charge in [0, 0.05) is 18.7 Å². The molecule has 0 aliphatic carbocycles. The summed E-state index contributed by atoms with van der Waals surface area (Å²) in [6, 6.07) is 7.80. The topological polar surface area (TPSA) is 103 Å². The Balaban J connectivity index is 1.81. The molecule has 0 bridgehead atoms. The third-order valence-electron chi connectivity index (χ3n) is 4.35. The molecule has 1 heterocycles. The molecule has 0 fully saturated rings. The second-order valence-corrected chi connectivity index (χ2v) is 7.59. The van der Waals surface area contributed by atoms with Crippen LogP contribution < -0.4 is 5.32 Å². The van der Waals surface area contributed by atoms with Gasteiger partial charge >= 0.3 is 6.18 Å². The predicted molar refractivity (Wildman–Crippen MR) is 106 cm³/mol. The van der Waals surface area contributed by atoms with Crippen LogP contribution in [0, 0.1) is 10.1 Å². The lowest BCUT2D eigenvalue weighted by molar-refractivity contribution is -0.387. The minimum absolute atomic E-state index is 0.00726. The van der Waals surface area contributed by atoms with Gasteiger partial charge in [-0.2, -0.15) is 13.2 Å². The Morgan fingerprint density at radius 3 is 2.61 bits per heavy atom. The third-order valence-corrected chi connectivity index (χ3v) is 5.47. The van der Waals surface area contributed by atoms with Gasteiger partial charge in [-0.15, -0.1) is 10.2 Å². The third kappa shape index (κ3) is 5.20. The molecule has 2 aromatic carbocycles. The van der Waals surface area contributed by atoms with Crippen molar-refractivity contribution in [1.29, 1.82) is 0 Å². The largest absolute Gasteiger partial charge is 0.416 e. The summed E-state index contributed by atoms with van der Waals surface area (Å²) in [4.78, 5) is 23.7. The minimum atomic E-state index is -4.50. The van der Waals surface area contributed by atoms with Crippen molar-refractivity contribution in [2.24, 2.45) is 7.05 Å². The quantitative estimate of drug-likeness (QED) is 0.441. The van der Waals surface area contributed by atoms with Gasteiger partial charge in [-0.05, 0) is 48.5 Å². The average molecular weight is 451 g/mol. The summed E-state index contributed by atoms with van der Waals surface area (Å²) in [5.74, 6) is -0.650. The highest BCUT2D eigenvalue weighted by Gasteiger charge is 2.31. The fraction of sp³-hybridized carbons (Fsp3) is 0.211. The van der Waals surface area contributed by atoms with E-state index in [9.17, 15) is 28.1 Å². The van der Waals surface area contributed by atoms with Gasteiger partial charge in [0.1, 0.15) is 6.33 Å². The summed E-state index contributed by atoms with van der Waals surface area (Å²) in [6.07, 6.45) is -3.05. The van der Waals surface area contributed by atoms with Crippen molar-refractivity contribution in [2.75, 3.05) is 0 Å². The molecule has 12 heteroatoms. The van der Waals surface area contributed by atoms with Gasteiger partial charge in [0.05, 0.1) is 21.4 Å². The Labute approximate surface area is 178 Å². The average Bonchev–Trinajstić information content (AvgIpc) is 3.12. The molecule has 0 aliphatic heterocycles. The highest BCUT2D eigenvalue weighted by molar-refractivity contribution is 7.99. The van der Waals surface area contributed by atoms with Crippen LogP contribution in [0.1, 0.15) is 34.5 Å². The number of nitrogens with one attached hydrogen (secondary N) is 1. The van der Waals surface area contributed by atoms with Crippen molar-refractivity contribution in [3.8, 4) is 0 Å². The van der Waals surface area contributed by atoms with Crippen LogP contribution in [-0.4, -0.2) is 25.6 Å². The van der Waals surface area contributed by atoms with E-state index in [1.807, 2.05) is 0 Å². The number of benzene rings is 2. The molecule has 1 amide bonds. The number of carbonyl (C=O) groups excluding carboxylic acids is 1. The number of aromatic nitrogens is 3. The molecule has 8 nitrogen and oxygen atoms in total. The van der Waals surface area contributed by atoms with Gasteiger partial charge in [0.2, 0.25) is 0 Å². The van der Waals surface area contributed by atoms with E-state index in [2.05, 4.69) is 15.5 Å². The maximum Gasteiger partial charge on any atom is 0.416 e. The molecule has 0 aliphatic rings. The summed E-state index contributed by atoms with van der Waals surface area (Å²) < 4.78 is 40.3. The van der Waals surface area contributed by atoms with Crippen LogP contribution in [0.4, 0.5) is 18.9 Å². The molecule has 3 rings (SSSR count). The second kappa shape index (κ2) is 8.76. The molecular formula is C19H16F3N5O3S. The first-order valence-corrected chi connectivity index (χ1v) is 9.66.